The lowest BCUT2D eigenvalue weighted by Crippen LogP contribution is -2.35. The van der Waals surface area contributed by atoms with Crippen molar-refractivity contribution in [2.45, 2.75) is 25.3 Å². The van der Waals surface area contributed by atoms with Gasteiger partial charge >= 0.3 is 0 Å². The average molecular weight is 269 g/mol. The molecule has 104 valence electrons. The second-order valence-corrected chi connectivity index (χ2v) is 5.23. The van der Waals surface area contributed by atoms with Crippen LogP contribution in [0.1, 0.15) is 29.6 Å². The van der Waals surface area contributed by atoms with Crippen molar-refractivity contribution in [3.63, 3.8) is 0 Å². The predicted molar refractivity (Wildman–Crippen MR) is 79.7 cm³/mol. The third-order valence-corrected chi connectivity index (χ3v) is 3.80. The van der Waals surface area contributed by atoms with Gasteiger partial charge in [0.25, 0.3) is 5.91 Å². The molecule has 1 fully saturated rings. The number of hydrogen-bond donors (Lipinski definition) is 2. The summed E-state index contributed by atoms with van der Waals surface area (Å²) >= 11 is 0. The molecule has 2 heterocycles. The molecule has 1 saturated heterocycles. The van der Waals surface area contributed by atoms with Crippen LogP contribution in [0.3, 0.4) is 0 Å². The molecule has 1 aliphatic rings. The maximum atomic E-state index is 12.5. The van der Waals surface area contributed by atoms with E-state index in [2.05, 4.69) is 15.6 Å². The summed E-state index contributed by atoms with van der Waals surface area (Å²) in [5.41, 5.74) is 1.58. The maximum absolute atomic E-state index is 12.5. The number of rotatable bonds is 2. The topological polar surface area (TPSA) is 54.0 Å². The monoisotopic (exact) mass is 269 g/mol. The fourth-order valence-corrected chi connectivity index (χ4v) is 2.73. The number of carbonyl (C=O) groups is 1. The zero-order valence-corrected chi connectivity index (χ0v) is 11.4. The summed E-state index contributed by atoms with van der Waals surface area (Å²) in [4.78, 5) is 16.8. The average Bonchev–Trinajstić information content (AvgIpc) is 2.75. The van der Waals surface area contributed by atoms with Crippen molar-refractivity contribution in [3.05, 3.63) is 42.1 Å². The Morgan fingerprint density at radius 2 is 2.15 bits per heavy atom. The molecule has 2 N–H and O–H groups in total. The van der Waals surface area contributed by atoms with Gasteiger partial charge in [0.05, 0.1) is 5.52 Å². The highest BCUT2D eigenvalue weighted by atomic mass is 16.1. The molecule has 20 heavy (non-hydrogen) atoms. The van der Waals surface area contributed by atoms with Crippen LogP contribution in [-0.4, -0.2) is 30.0 Å². The molecule has 4 nitrogen and oxygen atoms in total. The molecule has 1 aromatic heterocycles. The number of pyridine rings is 1. The Labute approximate surface area is 118 Å². The molecule has 0 radical (unpaired) electrons. The predicted octanol–water partition coefficient (Wildman–Crippen LogP) is 2.11. The number of nitrogens with one attached hydrogen (secondary N) is 2. The van der Waals surface area contributed by atoms with Gasteiger partial charge < -0.3 is 10.6 Å². The Balaban J connectivity index is 1.81. The number of amides is 1. The van der Waals surface area contributed by atoms with Crippen LogP contribution < -0.4 is 10.6 Å². The number of nitrogens with zero attached hydrogens (tertiary/aromatic N) is 1. The van der Waals surface area contributed by atoms with Crippen molar-refractivity contribution in [1.82, 2.24) is 15.6 Å². The van der Waals surface area contributed by atoms with E-state index in [1.165, 1.54) is 0 Å². The molecule has 1 atom stereocenters. The van der Waals surface area contributed by atoms with E-state index in [9.17, 15) is 4.79 Å². The third-order valence-electron chi connectivity index (χ3n) is 3.80. The van der Waals surface area contributed by atoms with Crippen LogP contribution in [0.15, 0.2) is 36.5 Å². The van der Waals surface area contributed by atoms with Crippen LogP contribution >= 0.6 is 0 Å². The first-order valence-corrected chi connectivity index (χ1v) is 7.20. The molecule has 0 aliphatic carbocycles. The summed E-state index contributed by atoms with van der Waals surface area (Å²) in [6.07, 6.45) is 4.90. The molecule has 3 rings (SSSR count). The molecule has 1 aliphatic heterocycles. The first kappa shape index (κ1) is 13.1. The van der Waals surface area contributed by atoms with Crippen molar-refractivity contribution < 1.29 is 4.79 Å². The minimum atomic E-state index is 0.00972. The summed E-state index contributed by atoms with van der Waals surface area (Å²) in [6, 6.07) is 9.78. The van der Waals surface area contributed by atoms with E-state index < -0.39 is 0 Å². The van der Waals surface area contributed by atoms with Gasteiger partial charge in [0, 0.05) is 23.2 Å². The standard InChI is InChI=1S/C16H19N3O/c20-16(19-12-4-2-9-17-11-8-12)14-5-1-7-15-13(14)6-3-10-18-15/h1,3,5-7,10,12,17H,2,4,8-9,11H2,(H,19,20). The van der Waals surface area contributed by atoms with Gasteiger partial charge in [0.1, 0.15) is 0 Å². The number of carbonyl (C=O) groups excluding carboxylic acids is 1. The van der Waals surface area contributed by atoms with Crippen molar-refractivity contribution in [2.75, 3.05) is 13.1 Å². The van der Waals surface area contributed by atoms with Gasteiger partial charge in [0.2, 0.25) is 0 Å². The maximum Gasteiger partial charge on any atom is 0.252 e. The smallest absolute Gasteiger partial charge is 0.252 e. The molecule has 1 amide bonds. The van der Waals surface area contributed by atoms with E-state index in [4.69, 9.17) is 0 Å². The highest BCUT2D eigenvalue weighted by Gasteiger charge is 2.16. The fraction of sp³-hybridized carbons (Fsp3) is 0.375. The van der Waals surface area contributed by atoms with Crippen LogP contribution in [0.25, 0.3) is 10.9 Å². The SMILES string of the molecule is O=C(NC1CCCNCC1)c1cccc2ncccc12. The Kier molecular flexibility index (Phi) is 3.92. The molecule has 0 saturated carbocycles. The molecular formula is C16H19N3O. The largest absolute Gasteiger partial charge is 0.349 e. The van der Waals surface area contributed by atoms with Crippen LogP contribution in [0, 0.1) is 0 Å². The lowest BCUT2D eigenvalue weighted by atomic mass is 10.1. The normalized spacial score (nSPS) is 19.5. The Morgan fingerprint density at radius 1 is 1.20 bits per heavy atom. The summed E-state index contributed by atoms with van der Waals surface area (Å²) in [7, 11) is 0. The zero-order chi connectivity index (χ0) is 13.8. The Morgan fingerprint density at radius 3 is 3.10 bits per heavy atom. The van der Waals surface area contributed by atoms with Gasteiger partial charge in [-0.3, -0.25) is 9.78 Å². The second kappa shape index (κ2) is 6.01. The van der Waals surface area contributed by atoms with Crippen molar-refractivity contribution in [3.8, 4) is 0 Å². The molecule has 4 heteroatoms. The van der Waals surface area contributed by atoms with E-state index in [-0.39, 0.29) is 11.9 Å². The van der Waals surface area contributed by atoms with E-state index in [1.54, 1.807) is 6.20 Å². The van der Waals surface area contributed by atoms with E-state index >= 15 is 0 Å². The third kappa shape index (κ3) is 2.80. The first-order chi connectivity index (χ1) is 9.84. The molecular weight excluding hydrogens is 250 g/mol. The summed E-state index contributed by atoms with van der Waals surface area (Å²) in [5, 5.41) is 7.44. The number of aromatic nitrogens is 1. The van der Waals surface area contributed by atoms with E-state index in [0.29, 0.717) is 5.56 Å². The first-order valence-electron chi connectivity index (χ1n) is 7.20. The lowest BCUT2D eigenvalue weighted by molar-refractivity contribution is 0.0936. The minimum Gasteiger partial charge on any atom is -0.349 e. The van der Waals surface area contributed by atoms with Crippen molar-refractivity contribution in [2.24, 2.45) is 0 Å². The quantitative estimate of drug-likeness (QED) is 0.878. The van der Waals surface area contributed by atoms with E-state index in [1.807, 2.05) is 30.3 Å². The Hall–Kier alpha value is -1.94. The minimum absolute atomic E-state index is 0.00972. The molecule has 1 aromatic carbocycles. The van der Waals surface area contributed by atoms with Gasteiger partial charge in [-0.05, 0) is 50.6 Å². The molecule has 0 bridgehead atoms. The summed E-state index contributed by atoms with van der Waals surface area (Å²) in [6.45, 7) is 2.02. The second-order valence-electron chi connectivity index (χ2n) is 5.23. The highest BCUT2D eigenvalue weighted by molar-refractivity contribution is 6.06. The van der Waals surface area contributed by atoms with Gasteiger partial charge in [-0.15, -0.1) is 0 Å². The van der Waals surface area contributed by atoms with Crippen molar-refractivity contribution in [1.29, 1.82) is 0 Å². The molecule has 1 unspecified atom stereocenters. The fourth-order valence-electron chi connectivity index (χ4n) is 2.73. The number of fused-ring (bicyclic) bond motifs is 1. The lowest BCUT2D eigenvalue weighted by Gasteiger charge is -2.16. The van der Waals surface area contributed by atoms with Crippen LogP contribution in [0.2, 0.25) is 0 Å². The van der Waals surface area contributed by atoms with Crippen LogP contribution in [-0.2, 0) is 0 Å². The van der Waals surface area contributed by atoms with Gasteiger partial charge in [-0.1, -0.05) is 12.1 Å². The number of benzene rings is 1. The van der Waals surface area contributed by atoms with Crippen LogP contribution in [0.4, 0.5) is 0 Å². The summed E-state index contributed by atoms with van der Waals surface area (Å²) in [5.74, 6) is 0.00972. The number of hydrogen-bond acceptors (Lipinski definition) is 3. The zero-order valence-electron chi connectivity index (χ0n) is 11.4. The summed E-state index contributed by atoms with van der Waals surface area (Å²) < 4.78 is 0. The van der Waals surface area contributed by atoms with Crippen LogP contribution in [0.5, 0.6) is 0 Å². The Bertz CT molecular complexity index is 598. The van der Waals surface area contributed by atoms with E-state index in [0.717, 1.165) is 43.3 Å². The molecule has 0 spiro atoms. The molecule has 2 aromatic rings. The van der Waals surface area contributed by atoms with Crippen molar-refractivity contribution >= 4 is 16.8 Å². The highest BCUT2D eigenvalue weighted by Crippen LogP contribution is 2.17. The van der Waals surface area contributed by atoms with Gasteiger partial charge in [-0.2, -0.15) is 0 Å². The van der Waals surface area contributed by atoms with Gasteiger partial charge in [0.15, 0.2) is 0 Å². The van der Waals surface area contributed by atoms with Gasteiger partial charge in [-0.25, -0.2) is 0 Å².